The Bertz CT molecular complexity index is 909. The van der Waals surface area contributed by atoms with Crippen LogP contribution in [0.5, 0.6) is 5.75 Å². The molecule has 1 unspecified atom stereocenters. The van der Waals surface area contributed by atoms with Gasteiger partial charge in [0.15, 0.2) is 5.82 Å². The molecule has 0 saturated carbocycles. The van der Waals surface area contributed by atoms with Crippen LogP contribution in [0.25, 0.3) is 5.52 Å². The summed E-state index contributed by atoms with van der Waals surface area (Å²) in [5.74, 6) is 2.06. The number of ether oxygens (including phenoxy) is 1. The van der Waals surface area contributed by atoms with Gasteiger partial charge in [-0.1, -0.05) is 18.5 Å². The lowest BCUT2D eigenvalue weighted by molar-refractivity contribution is 0.335. The van der Waals surface area contributed by atoms with E-state index in [1.165, 1.54) is 0 Å². The average molecular weight is 410 g/mol. The fourth-order valence-electron chi connectivity index (χ4n) is 2.78. The Hall–Kier alpha value is -1.79. The zero-order valence-electron chi connectivity index (χ0n) is 13.7. The number of nitrogens with zero attached hydrogens (tertiary/aromatic N) is 3. The van der Waals surface area contributed by atoms with Crippen molar-refractivity contribution in [3.05, 3.63) is 51.1 Å². The van der Waals surface area contributed by atoms with Crippen molar-refractivity contribution >= 4 is 38.9 Å². The molecule has 2 heterocycles. The minimum atomic E-state index is -0.0368. The van der Waals surface area contributed by atoms with Crippen LogP contribution in [0.3, 0.4) is 0 Å². The van der Waals surface area contributed by atoms with E-state index in [1.807, 2.05) is 36.6 Å². The molecular weight excluding hydrogens is 392 g/mol. The highest BCUT2D eigenvalue weighted by atomic mass is 79.9. The number of hydrogen-bond donors (Lipinski definition) is 1. The maximum Gasteiger partial charge on any atom is 0.150 e. The second kappa shape index (κ2) is 6.61. The fourth-order valence-corrected chi connectivity index (χ4v) is 3.52. The van der Waals surface area contributed by atoms with Gasteiger partial charge in [-0.15, -0.1) is 0 Å². The summed E-state index contributed by atoms with van der Waals surface area (Å²) in [6, 6.07) is 3.92. The molecule has 0 aliphatic heterocycles. The smallest absolute Gasteiger partial charge is 0.150 e. The first-order valence-electron chi connectivity index (χ1n) is 7.64. The van der Waals surface area contributed by atoms with Crippen molar-refractivity contribution in [2.24, 2.45) is 0 Å². The quantitative estimate of drug-likeness (QED) is 0.684. The van der Waals surface area contributed by atoms with Gasteiger partial charge in [0.2, 0.25) is 0 Å². The Morgan fingerprint density at radius 3 is 2.88 bits per heavy atom. The first-order valence-corrected chi connectivity index (χ1v) is 8.81. The predicted molar refractivity (Wildman–Crippen MR) is 100.0 cm³/mol. The Labute approximate surface area is 153 Å². The number of anilines is 1. The number of rotatable bonds is 4. The zero-order valence-corrected chi connectivity index (χ0v) is 16.0. The Morgan fingerprint density at radius 2 is 2.17 bits per heavy atom. The molecule has 0 saturated heterocycles. The largest absolute Gasteiger partial charge is 0.494 e. The van der Waals surface area contributed by atoms with E-state index in [2.05, 4.69) is 32.8 Å². The summed E-state index contributed by atoms with van der Waals surface area (Å²) in [4.78, 5) is 8.77. The van der Waals surface area contributed by atoms with Crippen molar-refractivity contribution in [1.29, 1.82) is 0 Å². The molecule has 0 aliphatic carbocycles. The third-order valence-electron chi connectivity index (χ3n) is 4.01. The Morgan fingerprint density at radius 1 is 1.42 bits per heavy atom. The van der Waals surface area contributed by atoms with E-state index in [4.69, 9.17) is 22.1 Å². The molecule has 1 aromatic carbocycles. The number of halogens is 2. The molecule has 1 atom stereocenters. The molecule has 3 aromatic rings. The molecule has 0 radical (unpaired) electrons. The van der Waals surface area contributed by atoms with Crippen molar-refractivity contribution in [1.82, 2.24) is 14.4 Å². The topological polar surface area (TPSA) is 65.4 Å². The van der Waals surface area contributed by atoms with E-state index < -0.39 is 0 Å². The summed E-state index contributed by atoms with van der Waals surface area (Å²) >= 11 is 9.82. The van der Waals surface area contributed by atoms with Gasteiger partial charge >= 0.3 is 0 Å². The maximum atomic E-state index is 6.34. The third kappa shape index (κ3) is 2.84. The van der Waals surface area contributed by atoms with Crippen molar-refractivity contribution in [3.8, 4) is 5.75 Å². The summed E-state index contributed by atoms with van der Waals surface area (Å²) < 4.78 is 8.43. The first kappa shape index (κ1) is 17.0. The summed E-state index contributed by atoms with van der Waals surface area (Å²) in [7, 11) is 0. The molecule has 5 nitrogen and oxygen atoms in total. The van der Waals surface area contributed by atoms with Gasteiger partial charge in [0.1, 0.15) is 21.7 Å². The molecule has 0 fully saturated rings. The fraction of sp³-hybridized carbons (Fsp3) is 0.294. The average Bonchev–Trinajstić information content (AvgIpc) is 2.88. The minimum absolute atomic E-state index is 0.0368. The van der Waals surface area contributed by atoms with E-state index in [0.29, 0.717) is 22.1 Å². The highest BCUT2D eigenvalue weighted by Crippen LogP contribution is 2.37. The zero-order chi connectivity index (χ0) is 17.4. The Kier molecular flexibility index (Phi) is 4.69. The molecule has 2 aromatic heterocycles. The number of fused-ring (bicyclic) bond motifs is 1. The minimum Gasteiger partial charge on any atom is -0.494 e. The van der Waals surface area contributed by atoms with Crippen molar-refractivity contribution < 1.29 is 4.74 Å². The number of benzene rings is 1. The summed E-state index contributed by atoms with van der Waals surface area (Å²) in [5, 5.41) is 0.710. The van der Waals surface area contributed by atoms with Gasteiger partial charge < -0.3 is 10.5 Å². The number of nitrogen functional groups attached to an aromatic ring is 1. The van der Waals surface area contributed by atoms with Crippen LogP contribution in [0.2, 0.25) is 5.02 Å². The molecule has 0 bridgehead atoms. The van der Waals surface area contributed by atoms with E-state index >= 15 is 0 Å². The summed E-state index contributed by atoms with van der Waals surface area (Å²) in [5.41, 5.74) is 8.72. The van der Waals surface area contributed by atoms with Crippen LogP contribution < -0.4 is 10.5 Å². The molecule has 0 aliphatic rings. The van der Waals surface area contributed by atoms with Gasteiger partial charge in [-0.25, -0.2) is 9.97 Å². The standard InChI is InChI=1S/C17H18BrClN4O/c1-4-24-13-7-9(2)12(19)8-11(13)10(3)17-22-15(18)14-16(20)21-5-6-23(14)17/h5-8,10H,4H2,1-3H3,(H2,20,21). The van der Waals surface area contributed by atoms with Crippen LogP contribution in [0.15, 0.2) is 29.1 Å². The number of aryl methyl sites for hydroxylation is 1. The van der Waals surface area contributed by atoms with Crippen LogP contribution in [0.1, 0.15) is 36.7 Å². The molecule has 24 heavy (non-hydrogen) atoms. The van der Waals surface area contributed by atoms with E-state index in [1.54, 1.807) is 6.20 Å². The molecular formula is C17H18BrClN4O. The number of aromatic nitrogens is 3. The maximum absolute atomic E-state index is 6.34. The van der Waals surface area contributed by atoms with Gasteiger partial charge in [-0.3, -0.25) is 4.40 Å². The van der Waals surface area contributed by atoms with Gasteiger partial charge in [-0.05, 0) is 47.5 Å². The highest BCUT2D eigenvalue weighted by molar-refractivity contribution is 9.10. The van der Waals surface area contributed by atoms with Crippen LogP contribution in [-0.2, 0) is 0 Å². The second-order valence-corrected chi connectivity index (χ2v) is 6.74. The lowest BCUT2D eigenvalue weighted by atomic mass is 9.98. The first-order chi connectivity index (χ1) is 11.4. The lowest BCUT2D eigenvalue weighted by Gasteiger charge is -2.17. The second-order valence-electron chi connectivity index (χ2n) is 5.59. The molecule has 0 spiro atoms. The monoisotopic (exact) mass is 408 g/mol. The van der Waals surface area contributed by atoms with Gasteiger partial charge in [0.05, 0.1) is 6.61 Å². The summed E-state index contributed by atoms with van der Waals surface area (Å²) in [6.07, 6.45) is 3.52. The van der Waals surface area contributed by atoms with Crippen LogP contribution in [0, 0.1) is 6.92 Å². The predicted octanol–water partition coefficient (Wildman–Crippen LogP) is 4.59. The number of hydrogen-bond acceptors (Lipinski definition) is 4. The number of imidazole rings is 1. The highest BCUT2D eigenvalue weighted by Gasteiger charge is 2.22. The van der Waals surface area contributed by atoms with Crippen molar-refractivity contribution in [2.75, 3.05) is 12.3 Å². The van der Waals surface area contributed by atoms with Crippen LogP contribution >= 0.6 is 27.5 Å². The van der Waals surface area contributed by atoms with Gasteiger partial charge in [-0.2, -0.15) is 0 Å². The van der Waals surface area contributed by atoms with Crippen molar-refractivity contribution in [2.45, 2.75) is 26.7 Å². The van der Waals surface area contributed by atoms with Crippen LogP contribution in [0.4, 0.5) is 5.82 Å². The van der Waals surface area contributed by atoms with E-state index in [9.17, 15) is 0 Å². The van der Waals surface area contributed by atoms with E-state index in [-0.39, 0.29) is 5.92 Å². The molecule has 0 amide bonds. The Balaban J connectivity index is 2.18. The lowest BCUT2D eigenvalue weighted by Crippen LogP contribution is -2.07. The normalized spacial score (nSPS) is 12.5. The molecule has 3 rings (SSSR count). The third-order valence-corrected chi connectivity index (χ3v) is 4.97. The molecule has 126 valence electrons. The molecule has 7 heteroatoms. The van der Waals surface area contributed by atoms with Crippen molar-refractivity contribution in [3.63, 3.8) is 0 Å². The van der Waals surface area contributed by atoms with Crippen LogP contribution in [-0.4, -0.2) is 21.0 Å². The van der Waals surface area contributed by atoms with Gasteiger partial charge in [0.25, 0.3) is 0 Å². The summed E-state index contributed by atoms with van der Waals surface area (Å²) in [6.45, 7) is 6.59. The SMILES string of the molecule is CCOc1cc(C)c(Cl)cc1C(C)c1nc(Br)c2c(N)nccn12. The molecule has 2 N–H and O–H groups in total. The number of nitrogens with two attached hydrogens (primary N) is 1. The van der Waals surface area contributed by atoms with E-state index in [0.717, 1.165) is 28.2 Å². The van der Waals surface area contributed by atoms with Gasteiger partial charge in [0, 0.05) is 28.9 Å².